The fraction of sp³-hybridized carbons (Fsp3) is 0.647. The van der Waals surface area contributed by atoms with Crippen molar-refractivity contribution in [2.45, 2.75) is 39.2 Å². The topological polar surface area (TPSA) is 15.3 Å². The first-order valence-electron chi connectivity index (χ1n) is 8.05. The summed E-state index contributed by atoms with van der Waals surface area (Å²) in [4.78, 5) is 1.83. The molecule has 1 aromatic rings. The summed E-state index contributed by atoms with van der Waals surface area (Å²) in [6.45, 7) is 7.39. The quantitative estimate of drug-likeness (QED) is 0.760. The second kappa shape index (κ2) is 6.79. The molecule has 1 saturated heterocycles. The van der Waals surface area contributed by atoms with Crippen LogP contribution in [0.1, 0.15) is 43.5 Å². The van der Waals surface area contributed by atoms with E-state index in [1.807, 2.05) is 4.90 Å². The molecule has 2 nitrogen and oxygen atoms in total. The predicted molar refractivity (Wildman–Crippen MR) is 83.1 cm³/mol. The number of nitrogens with one attached hydrogen (secondary N) is 1. The number of alkyl halides is 6. The molecule has 1 heterocycles. The van der Waals surface area contributed by atoms with Gasteiger partial charge in [0.05, 0.1) is 11.1 Å². The van der Waals surface area contributed by atoms with Crippen LogP contribution in [0.5, 0.6) is 0 Å². The molecule has 0 radical (unpaired) electrons. The van der Waals surface area contributed by atoms with E-state index in [2.05, 4.69) is 5.32 Å². The molecule has 1 N–H and O–H groups in total. The van der Waals surface area contributed by atoms with Crippen LogP contribution in [0.25, 0.3) is 0 Å². The number of benzene rings is 1. The number of hydrogen-bond donors (Lipinski definition) is 1. The zero-order chi connectivity index (χ0) is 19.0. The van der Waals surface area contributed by atoms with Gasteiger partial charge in [0, 0.05) is 32.2 Å². The van der Waals surface area contributed by atoms with E-state index < -0.39 is 34.9 Å². The molecule has 8 heteroatoms. The largest absolute Gasteiger partial charge is 0.416 e. The molecule has 1 aliphatic heterocycles. The van der Waals surface area contributed by atoms with Gasteiger partial charge in [-0.1, -0.05) is 20.8 Å². The zero-order valence-electron chi connectivity index (χ0n) is 14.4. The van der Waals surface area contributed by atoms with E-state index in [-0.39, 0.29) is 5.56 Å². The molecule has 0 spiro atoms. The number of hydrogen-bond acceptors (Lipinski definition) is 2. The summed E-state index contributed by atoms with van der Waals surface area (Å²) >= 11 is 0. The van der Waals surface area contributed by atoms with Gasteiger partial charge in [-0.05, 0) is 29.2 Å². The van der Waals surface area contributed by atoms with E-state index >= 15 is 0 Å². The van der Waals surface area contributed by atoms with Gasteiger partial charge in [0.15, 0.2) is 0 Å². The lowest BCUT2D eigenvalue weighted by atomic mass is 9.78. The third-order valence-electron chi connectivity index (χ3n) is 4.32. The van der Waals surface area contributed by atoms with Gasteiger partial charge in [-0.2, -0.15) is 26.3 Å². The first-order valence-corrected chi connectivity index (χ1v) is 8.05. The van der Waals surface area contributed by atoms with E-state index in [0.29, 0.717) is 44.4 Å². The smallest absolute Gasteiger partial charge is 0.314 e. The summed E-state index contributed by atoms with van der Waals surface area (Å²) in [5.41, 5.74) is -3.03. The van der Waals surface area contributed by atoms with Gasteiger partial charge in [-0.3, -0.25) is 4.90 Å². The van der Waals surface area contributed by atoms with Crippen LogP contribution >= 0.6 is 0 Å². The van der Waals surface area contributed by atoms with E-state index in [0.717, 1.165) is 0 Å². The summed E-state index contributed by atoms with van der Waals surface area (Å²) in [7, 11) is 0. The maximum Gasteiger partial charge on any atom is 0.416 e. The summed E-state index contributed by atoms with van der Waals surface area (Å²) < 4.78 is 79.7. The average Bonchev–Trinajstić information content (AvgIpc) is 2.45. The van der Waals surface area contributed by atoms with E-state index in [4.69, 9.17) is 0 Å². The van der Waals surface area contributed by atoms with Gasteiger partial charge in [0.1, 0.15) is 0 Å². The molecule has 1 fully saturated rings. The maximum absolute atomic E-state index is 13.5. The Hall–Kier alpha value is -1.28. The van der Waals surface area contributed by atoms with Crippen LogP contribution in [0.15, 0.2) is 18.2 Å². The molecule has 2 rings (SSSR count). The molecule has 0 amide bonds. The van der Waals surface area contributed by atoms with E-state index in [1.54, 1.807) is 20.8 Å². The Kier molecular flexibility index (Phi) is 5.45. The Labute approximate surface area is 143 Å². The standard InChI is InChI=1S/C17H22F6N2/c1-15(2,3)14(25-8-6-24-7-9-25)12-10-11(16(18,19)20)4-5-13(12)17(21,22)23/h4-5,10,14,24H,6-9H2,1-3H3/t14-/m0/s1. The fourth-order valence-corrected chi connectivity index (χ4v) is 3.37. The van der Waals surface area contributed by atoms with Crippen molar-refractivity contribution in [2.75, 3.05) is 26.2 Å². The van der Waals surface area contributed by atoms with Crippen molar-refractivity contribution in [3.63, 3.8) is 0 Å². The molecule has 142 valence electrons. The van der Waals surface area contributed by atoms with Crippen LogP contribution in [-0.2, 0) is 12.4 Å². The van der Waals surface area contributed by atoms with Crippen LogP contribution < -0.4 is 5.32 Å². The Morgan fingerprint density at radius 2 is 1.48 bits per heavy atom. The van der Waals surface area contributed by atoms with Gasteiger partial charge < -0.3 is 5.32 Å². The first kappa shape index (κ1) is 20.0. The van der Waals surface area contributed by atoms with Crippen LogP contribution in [0.4, 0.5) is 26.3 Å². The lowest BCUT2D eigenvalue weighted by Gasteiger charge is -2.43. The van der Waals surface area contributed by atoms with Crippen molar-refractivity contribution >= 4 is 0 Å². The number of nitrogens with zero attached hydrogens (tertiary/aromatic N) is 1. The molecule has 1 aliphatic rings. The van der Waals surface area contributed by atoms with Gasteiger partial charge in [0.2, 0.25) is 0 Å². The highest BCUT2D eigenvalue weighted by atomic mass is 19.4. The highest BCUT2D eigenvalue weighted by Crippen LogP contribution is 2.45. The summed E-state index contributed by atoms with van der Waals surface area (Å²) in [6.07, 6.45) is -9.40. The van der Waals surface area contributed by atoms with Gasteiger partial charge in [-0.15, -0.1) is 0 Å². The summed E-state index contributed by atoms with van der Waals surface area (Å²) in [6, 6.07) is 0.956. The Morgan fingerprint density at radius 3 is 1.92 bits per heavy atom. The van der Waals surface area contributed by atoms with Crippen molar-refractivity contribution < 1.29 is 26.3 Å². The van der Waals surface area contributed by atoms with E-state index in [9.17, 15) is 26.3 Å². The van der Waals surface area contributed by atoms with Crippen molar-refractivity contribution in [1.29, 1.82) is 0 Å². The number of rotatable bonds is 2. The third kappa shape index (κ3) is 4.67. The second-order valence-electron chi connectivity index (χ2n) is 7.35. The Bertz CT molecular complexity index is 595. The van der Waals surface area contributed by atoms with Crippen LogP contribution in [0, 0.1) is 5.41 Å². The molecule has 0 aromatic heterocycles. The molecular weight excluding hydrogens is 346 g/mol. The van der Waals surface area contributed by atoms with Crippen molar-refractivity contribution in [3.05, 3.63) is 34.9 Å². The van der Waals surface area contributed by atoms with Gasteiger partial charge in [0.25, 0.3) is 0 Å². The highest BCUT2D eigenvalue weighted by molar-refractivity contribution is 5.38. The molecule has 0 saturated carbocycles. The van der Waals surface area contributed by atoms with Gasteiger partial charge in [-0.25, -0.2) is 0 Å². The van der Waals surface area contributed by atoms with Crippen molar-refractivity contribution in [1.82, 2.24) is 10.2 Å². The minimum absolute atomic E-state index is 0.309. The molecule has 1 atom stereocenters. The van der Waals surface area contributed by atoms with Crippen LogP contribution in [0.3, 0.4) is 0 Å². The molecule has 0 bridgehead atoms. The average molecular weight is 368 g/mol. The number of piperazine rings is 1. The minimum Gasteiger partial charge on any atom is -0.314 e. The Morgan fingerprint density at radius 1 is 0.920 bits per heavy atom. The normalized spacial score (nSPS) is 19.1. The molecule has 0 aliphatic carbocycles. The van der Waals surface area contributed by atoms with Crippen LogP contribution in [0.2, 0.25) is 0 Å². The summed E-state index contributed by atoms with van der Waals surface area (Å²) in [5.74, 6) is 0. The van der Waals surface area contributed by atoms with Crippen molar-refractivity contribution in [3.8, 4) is 0 Å². The molecular formula is C17H22F6N2. The first-order chi connectivity index (χ1) is 11.3. The third-order valence-corrected chi connectivity index (χ3v) is 4.32. The monoisotopic (exact) mass is 368 g/mol. The minimum atomic E-state index is -4.71. The highest BCUT2D eigenvalue weighted by Gasteiger charge is 2.42. The van der Waals surface area contributed by atoms with Crippen molar-refractivity contribution in [2.24, 2.45) is 5.41 Å². The summed E-state index contributed by atoms with van der Waals surface area (Å²) in [5, 5.41) is 3.11. The SMILES string of the molecule is CC(C)(C)[C@H](c1cc(C(F)(F)F)ccc1C(F)(F)F)N1CCNCC1. The Balaban J connectivity index is 2.64. The van der Waals surface area contributed by atoms with Crippen LogP contribution in [-0.4, -0.2) is 31.1 Å². The maximum atomic E-state index is 13.5. The lowest BCUT2D eigenvalue weighted by molar-refractivity contribution is -0.142. The van der Waals surface area contributed by atoms with Gasteiger partial charge >= 0.3 is 12.4 Å². The zero-order valence-corrected chi connectivity index (χ0v) is 14.4. The number of halogens is 6. The predicted octanol–water partition coefficient (Wildman–Crippen LogP) is 4.72. The molecule has 0 unspecified atom stereocenters. The molecule has 1 aromatic carbocycles. The van der Waals surface area contributed by atoms with E-state index in [1.165, 1.54) is 0 Å². The fourth-order valence-electron chi connectivity index (χ4n) is 3.37. The molecule has 25 heavy (non-hydrogen) atoms. The second-order valence-corrected chi connectivity index (χ2v) is 7.35. The lowest BCUT2D eigenvalue weighted by Crippen LogP contribution is -2.48.